The molecule has 0 radical (unpaired) electrons. The van der Waals surface area contributed by atoms with Gasteiger partial charge in [0.05, 0.1) is 25.4 Å². The first-order valence-corrected chi connectivity index (χ1v) is 8.07. The molecule has 2 aromatic rings. The molecule has 0 aliphatic carbocycles. The molecule has 0 spiro atoms. The molecule has 0 aliphatic heterocycles. The van der Waals surface area contributed by atoms with Gasteiger partial charge in [-0.05, 0) is 49.6 Å². The number of nitrogens with zero attached hydrogens (tertiary/aromatic N) is 2. The van der Waals surface area contributed by atoms with E-state index in [1.165, 1.54) is 0 Å². The minimum Gasteiger partial charge on any atom is -0.497 e. The molecule has 0 saturated carbocycles. The van der Waals surface area contributed by atoms with E-state index in [2.05, 4.69) is 24.3 Å². The van der Waals surface area contributed by atoms with Crippen molar-refractivity contribution in [1.82, 2.24) is 15.1 Å². The van der Waals surface area contributed by atoms with Crippen molar-refractivity contribution in [2.45, 2.75) is 33.2 Å². The molecule has 1 unspecified atom stereocenters. The maximum Gasteiger partial charge on any atom is 0.272 e. The zero-order chi connectivity index (χ0) is 17.7. The van der Waals surface area contributed by atoms with Crippen molar-refractivity contribution in [3.8, 4) is 11.4 Å². The molecule has 0 aliphatic rings. The smallest absolute Gasteiger partial charge is 0.272 e. The van der Waals surface area contributed by atoms with Gasteiger partial charge in [-0.1, -0.05) is 13.8 Å². The summed E-state index contributed by atoms with van der Waals surface area (Å²) >= 11 is 0. The summed E-state index contributed by atoms with van der Waals surface area (Å²) in [6, 6.07) is 8.94. The van der Waals surface area contributed by atoms with E-state index in [1.54, 1.807) is 17.9 Å². The van der Waals surface area contributed by atoms with Gasteiger partial charge in [-0.2, -0.15) is 5.10 Å². The Labute approximate surface area is 142 Å². The minimum atomic E-state index is -0.273. The topological polar surface area (TPSA) is 76.4 Å². The number of aliphatic hydroxyl groups is 1. The summed E-state index contributed by atoms with van der Waals surface area (Å²) in [7, 11) is 1.62. The Bertz CT molecular complexity index is 677. The molecule has 0 bridgehead atoms. The maximum absolute atomic E-state index is 12.4. The highest BCUT2D eigenvalue weighted by molar-refractivity contribution is 5.92. The third-order valence-electron chi connectivity index (χ3n) is 3.75. The second-order valence-electron chi connectivity index (χ2n) is 6.26. The molecular weight excluding hydrogens is 306 g/mol. The molecule has 1 heterocycles. The number of aliphatic hydroxyl groups excluding tert-OH is 1. The van der Waals surface area contributed by atoms with E-state index >= 15 is 0 Å². The molecule has 1 atom stereocenters. The molecule has 24 heavy (non-hydrogen) atoms. The number of hydrogen-bond donors (Lipinski definition) is 2. The fraction of sp³-hybridized carbons (Fsp3) is 0.444. The first kappa shape index (κ1) is 18.0. The number of hydrogen-bond acceptors (Lipinski definition) is 4. The summed E-state index contributed by atoms with van der Waals surface area (Å²) in [5.74, 6) is 0.882. The molecule has 0 saturated heterocycles. The van der Waals surface area contributed by atoms with Crippen molar-refractivity contribution in [3.63, 3.8) is 0 Å². The number of methoxy groups -OCH3 is 1. The van der Waals surface area contributed by atoms with Crippen LogP contribution in [0.5, 0.6) is 5.75 Å². The van der Waals surface area contributed by atoms with Gasteiger partial charge in [0.1, 0.15) is 5.75 Å². The minimum absolute atomic E-state index is 0.0813. The predicted octanol–water partition coefficient (Wildman–Crippen LogP) is 2.33. The first-order chi connectivity index (χ1) is 11.4. The highest BCUT2D eigenvalue weighted by Crippen LogP contribution is 2.17. The Morgan fingerprint density at radius 2 is 2.00 bits per heavy atom. The number of aromatic nitrogens is 2. The third kappa shape index (κ3) is 4.35. The third-order valence-corrected chi connectivity index (χ3v) is 3.75. The van der Waals surface area contributed by atoms with Crippen LogP contribution in [-0.4, -0.2) is 40.6 Å². The summed E-state index contributed by atoms with van der Waals surface area (Å²) in [4.78, 5) is 12.4. The molecule has 2 rings (SSSR count). The zero-order valence-electron chi connectivity index (χ0n) is 14.6. The molecular formula is C18H25N3O3. The standard InChI is InChI=1S/C18H25N3O3/c1-12(2)9-14(11-22)19-18(23)17-10-13(3)21(20-17)15-5-7-16(24-4)8-6-15/h5-8,10,12,14,22H,9,11H2,1-4H3,(H,19,23). The maximum atomic E-state index is 12.4. The summed E-state index contributed by atoms with van der Waals surface area (Å²) in [6.07, 6.45) is 0.723. The second kappa shape index (κ2) is 7.97. The van der Waals surface area contributed by atoms with Crippen LogP contribution in [0, 0.1) is 12.8 Å². The lowest BCUT2D eigenvalue weighted by molar-refractivity contribution is 0.0903. The van der Waals surface area contributed by atoms with Gasteiger partial charge in [0.15, 0.2) is 5.69 Å². The van der Waals surface area contributed by atoms with E-state index in [0.717, 1.165) is 23.6 Å². The van der Waals surface area contributed by atoms with Gasteiger partial charge in [0, 0.05) is 5.69 Å². The Morgan fingerprint density at radius 3 is 2.54 bits per heavy atom. The number of amides is 1. The molecule has 6 heteroatoms. The van der Waals surface area contributed by atoms with Gasteiger partial charge in [-0.3, -0.25) is 4.79 Å². The van der Waals surface area contributed by atoms with E-state index in [9.17, 15) is 9.90 Å². The number of benzene rings is 1. The number of aryl methyl sites for hydroxylation is 1. The normalized spacial score (nSPS) is 12.2. The summed E-state index contributed by atoms with van der Waals surface area (Å²) in [5.41, 5.74) is 2.05. The Morgan fingerprint density at radius 1 is 1.33 bits per heavy atom. The number of ether oxygens (including phenoxy) is 1. The molecule has 6 nitrogen and oxygen atoms in total. The van der Waals surface area contributed by atoms with Crippen LogP contribution in [0.15, 0.2) is 30.3 Å². The quantitative estimate of drug-likeness (QED) is 0.816. The van der Waals surface area contributed by atoms with Gasteiger partial charge in [-0.15, -0.1) is 0 Å². The number of carbonyl (C=O) groups is 1. The Kier molecular flexibility index (Phi) is 5.98. The zero-order valence-corrected chi connectivity index (χ0v) is 14.6. The number of rotatable bonds is 7. The molecule has 2 N–H and O–H groups in total. The molecule has 130 valence electrons. The van der Waals surface area contributed by atoms with Crippen LogP contribution >= 0.6 is 0 Å². The van der Waals surface area contributed by atoms with Gasteiger partial charge in [-0.25, -0.2) is 4.68 Å². The Balaban J connectivity index is 2.16. The van der Waals surface area contributed by atoms with Crippen LogP contribution in [-0.2, 0) is 0 Å². The van der Waals surface area contributed by atoms with Crippen LogP contribution in [0.4, 0.5) is 0 Å². The monoisotopic (exact) mass is 331 g/mol. The van der Waals surface area contributed by atoms with Crippen LogP contribution in [0.1, 0.15) is 36.5 Å². The van der Waals surface area contributed by atoms with E-state index < -0.39 is 0 Å². The lowest BCUT2D eigenvalue weighted by Gasteiger charge is -2.17. The lowest BCUT2D eigenvalue weighted by Crippen LogP contribution is -2.38. The van der Waals surface area contributed by atoms with Crippen molar-refractivity contribution >= 4 is 5.91 Å². The number of nitrogens with one attached hydrogen (secondary N) is 1. The highest BCUT2D eigenvalue weighted by atomic mass is 16.5. The first-order valence-electron chi connectivity index (χ1n) is 8.07. The van der Waals surface area contributed by atoms with Crippen LogP contribution in [0.3, 0.4) is 0 Å². The predicted molar refractivity (Wildman–Crippen MR) is 92.6 cm³/mol. The van der Waals surface area contributed by atoms with Gasteiger partial charge in [0.25, 0.3) is 5.91 Å². The van der Waals surface area contributed by atoms with Gasteiger partial charge in [0.2, 0.25) is 0 Å². The van der Waals surface area contributed by atoms with Crippen molar-refractivity contribution in [1.29, 1.82) is 0 Å². The van der Waals surface area contributed by atoms with Crippen molar-refractivity contribution in [2.24, 2.45) is 5.92 Å². The van der Waals surface area contributed by atoms with Crippen molar-refractivity contribution < 1.29 is 14.6 Å². The average Bonchev–Trinajstić information content (AvgIpc) is 2.95. The molecule has 1 amide bonds. The van der Waals surface area contributed by atoms with Crippen LogP contribution in [0.2, 0.25) is 0 Å². The highest BCUT2D eigenvalue weighted by Gasteiger charge is 2.18. The van der Waals surface area contributed by atoms with E-state index in [1.807, 2.05) is 31.2 Å². The SMILES string of the molecule is COc1ccc(-n2nc(C(=O)NC(CO)CC(C)C)cc2C)cc1. The van der Waals surface area contributed by atoms with Crippen molar-refractivity contribution in [2.75, 3.05) is 13.7 Å². The fourth-order valence-electron chi connectivity index (χ4n) is 2.58. The van der Waals surface area contributed by atoms with Crippen LogP contribution in [0.25, 0.3) is 5.69 Å². The van der Waals surface area contributed by atoms with E-state index in [0.29, 0.717) is 11.6 Å². The van der Waals surface area contributed by atoms with Crippen LogP contribution < -0.4 is 10.1 Å². The summed E-state index contributed by atoms with van der Waals surface area (Å²) in [5, 5.41) is 16.6. The molecule has 1 aromatic heterocycles. The van der Waals surface area contributed by atoms with E-state index in [-0.39, 0.29) is 18.6 Å². The second-order valence-corrected chi connectivity index (χ2v) is 6.26. The molecule has 1 aromatic carbocycles. The van der Waals surface area contributed by atoms with E-state index in [4.69, 9.17) is 4.74 Å². The van der Waals surface area contributed by atoms with Gasteiger partial charge >= 0.3 is 0 Å². The largest absolute Gasteiger partial charge is 0.497 e. The van der Waals surface area contributed by atoms with Gasteiger partial charge < -0.3 is 15.2 Å². The summed E-state index contributed by atoms with van der Waals surface area (Å²) in [6.45, 7) is 5.92. The lowest BCUT2D eigenvalue weighted by atomic mass is 10.0. The summed E-state index contributed by atoms with van der Waals surface area (Å²) < 4.78 is 6.86. The van der Waals surface area contributed by atoms with Crippen molar-refractivity contribution in [3.05, 3.63) is 41.7 Å². The Hall–Kier alpha value is -2.34. The fourth-order valence-corrected chi connectivity index (χ4v) is 2.58. The molecule has 0 fully saturated rings. The number of carbonyl (C=O) groups excluding carboxylic acids is 1. The average molecular weight is 331 g/mol.